The van der Waals surface area contributed by atoms with Crippen LogP contribution in [0.5, 0.6) is 0 Å². The number of hydrogen-bond acceptors (Lipinski definition) is 5. The molecule has 0 amide bonds. The van der Waals surface area contributed by atoms with Crippen molar-refractivity contribution >= 4 is 70.7 Å². The third kappa shape index (κ3) is 9.91. The number of carbonyl (C=O) groups is 3. The van der Waals surface area contributed by atoms with E-state index in [4.69, 9.17) is 29.7 Å². The number of allylic oxidation sites excluding steroid dienone is 5. The number of nitrogens with zero attached hydrogens (tertiary/aromatic N) is 4. The SMILES string of the molecule is C=Cc1c2[n-]c(c1C)/C=C1\[N-]/C(=C3\c4[n-]c(c(C)c4C(=O)[C@@H]3C(=O)OC)/C=c3\[n-]/c(c(C)c3CC)=C\2)[C@@H](CCC(=O)OC/C=C(/C)CCC[C@H](C)C/C=C/[C@H](C)CC)[C@@H]1C.[Mg+2]. The molecular weight excluding hydrogens is 773 g/mol. The Balaban J connectivity index is 0.00000704. The van der Waals surface area contributed by atoms with E-state index in [1.807, 2.05) is 44.2 Å². The summed E-state index contributed by atoms with van der Waals surface area (Å²) in [6.45, 7) is 23.3. The van der Waals surface area contributed by atoms with Crippen LogP contribution in [0.3, 0.4) is 0 Å². The Kier molecular flexibility index (Phi) is 16.0. The number of ether oxygens (including phenoxy) is 2. The molecule has 1 fully saturated rings. The molecule has 0 saturated carbocycles. The monoisotopic (exact) mass is 834 g/mol. The Morgan fingerprint density at radius 3 is 2.36 bits per heavy atom. The summed E-state index contributed by atoms with van der Waals surface area (Å²) in [5, 5.41) is 6.81. The van der Waals surface area contributed by atoms with Crippen molar-refractivity contribution in [3.05, 3.63) is 114 Å². The zero-order valence-electron chi connectivity index (χ0n) is 38.0. The largest absolute Gasteiger partial charge is 2.00 e. The fourth-order valence-corrected chi connectivity index (χ4v) is 8.90. The molecule has 3 aromatic rings. The van der Waals surface area contributed by atoms with E-state index in [0.29, 0.717) is 52.0 Å². The predicted molar refractivity (Wildman–Crippen MR) is 246 cm³/mol. The van der Waals surface area contributed by atoms with Crippen molar-refractivity contribution < 1.29 is 23.9 Å². The van der Waals surface area contributed by atoms with Gasteiger partial charge in [0.1, 0.15) is 12.5 Å². The molecule has 3 aliphatic rings. The molecule has 0 unspecified atom stereocenters. The summed E-state index contributed by atoms with van der Waals surface area (Å²) in [5.41, 5.74) is 10.6. The average Bonchev–Trinajstić information content (AvgIpc) is 3.97. The number of Topliss-reactive ketones (excluding diaryl/α,β-unsaturated/α-hetero) is 1. The zero-order chi connectivity index (χ0) is 43.4. The van der Waals surface area contributed by atoms with Crippen molar-refractivity contribution in [3.63, 3.8) is 0 Å². The van der Waals surface area contributed by atoms with E-state index < -0.39 is 11.9 Å². The third-order valence-corrected chi connectivity index (χ3v) is 13.0. The molecule has 10 heteroatoms. The van der Waals surface area contributed by atoms with Crippen LogP contribution in [0.15, 0.2) is 41.8 Å². The van der Waals surface area contributed by atoms with E-state index in [9.17, 15) is 14.4 Å². The second-order valence-electron chi connectivity index (χ2n) is 17.1. The van der Waals surface area contributed by atoms with Crippen LogP contribution in [-0.2, 0) is 25.5 Å². The van der Waals surface area contributed by atoms with E-state index in [1.165, 1.54) is 19.1 Å². The molecule has 0 N–H and O–H groups in total. The van der Waals surface area contributed by atoms with Crippen LogP contribution in [0.1, 0.15) is 147 Å². The minimum Gasteiger partial charge on any atom is -0.664 e. The van der Waals surface area contributed by atoms with Gasteiger partial charge >= 0.3 is 35.0 Å². The van der Waals surface area contributed by atoms with Crippen molar-refractivity contribution in [1.82, 2.24) is 15.0 Å². The maximum absolute atomic E-state index is 14.3. The molecule has 320 valence electrons. The molecule has 0 spiro atoms. The van der Waals surface area contributed by atoms with Crippen molar-refractivity contribution in [3.8, 4) is 0 Å². The number of ketones is 1. The van der Waals surface area contributed by atoms with E-state index in [2.05, 4.69) is 67.2 Å². The van der Waals surface area contributed by atoms with Gasteiger partial charge in [0, 0.05) is 12.0 Å². The van der Waals surface area contributed by atoms with Crippen LogP contribution in [-0.4, -0.2) is 54.5 Å². The van der Waals surface area contributed by atoms with Gasteiger partial charge in [-0.2, -0.15) is 11.4 Å². The molecule has 5 atom stereocenters. The van der Waals surface area contributed by atoms with Crippen LogP contribution in [0, 0.1) is 50.4 Å². The number of fused-ring (bicyclic) bond motifs is 7. The van der Waals surface area contributed by atoms with Crippen molar-refractivity contribution in [2.75, 3.05) is 13.7 Å². The van der Waals surface area contributed by atoms with Crippen molar-refractivity contribution in [2.24, 2.45) is 29.6 Å². The van der Waals surface area contributed by atoms with Gasteiger partial charge in [0.2, 0.25) is 0 Å². The average molecular weight is 835 g/mol. The fraction of sp³-hybridized carbons (Fsp3) is 0.471. The number of hydrogen-bond donors (Lipinski definition) is 0. The third-order valence-electron chi connectivity index (χ3n) is 13.0. The number of carbonyl (C=O) groups excluding carboxylic acids is 3. The number of rotatable bonds is 16. The molecule has 5 heterocycles. The van der Waals surface area contributed by atoms with Gasteiger partial charge in [0.15, 0.2) is 5.78 Å². The molecule has 1 saturated heterocycles. The first kappa shape index (κ1) is 47.5. The van der Waals surface area contributed by atoms with Gasteiger partial charge in [-0.1, -0.05) is 124 Å². The van der Waals surface area contributed by atoms with E-state index in [-0.39, 0.29) is 59.7 Å². The molecular formula is C51H62MgN4O5-2. The second-order valence-corrected chi connectivity index (χ2v) is 17.1. The summed E-state index contributed by atoms with van der Waals surface area (Å²) in [6.07, 6.45) is 21.2. The summed E-state index contributed by atoms with van der Waals surface area (Å²) in [6, 6.07) is 0. The van der Waals surface area contributed by atoms with Gasteiger partial charge in [-0.3, -0.25) is 14.4 Å². The van der Waals surface area contributed by atoms with E-state index in [1.54, 1.807) is 0 Å². The number of esters is 2. The van der Waals surface area contributed by atoms with E-state index in [0.717, 1.165) is 82.1 Å². The molecule has 1 aliphatic carbocycles. The maximum atomic E-state index is 14.3. The van der Waals surface area contributed by atoms with Gasteiger partial charge < -0.3 is 29.7 Å². The summed E-state index contributed by atoms with van der Waals surface area (Å²) in [5.74, 6) is -1.80. The standard InChI is InChI=1S/C51H63N4O5.Mg/c1-12-28(4)17-15-18-29(5)19-16-20-30(6)23-24-60-44(56)22-21-37-33(9)40-25-38-31(7)35(13-2)42(52-38)26-39-32(8)36(14-3)43(53-39)27-41-34(10)45-49(55-41)46(48(37)54-40)47(50(45)57)51(58)59-11;/h13,15,17,23,25-29,33,37,47H,2,12,14,16,18-22,24H2,1,3-11H3,(H-,54,55,57);/q-3;+2/p-1/b17-15+,30-23-,39-26-,40-25-,43-27-;/t28-,29-,33+,37+,47-;/m1./s1. The summed E-state index contributed by atoms with van der Waals surface area (Å²) in [7, 11) is 1.29. The minimum absolute atomic E-state index is 0. The normalized spacial score (nSPS) is 22.3. The van der Waals surface area contributed by atoms with Crippen molar-refractivity contribution in [2.45, 2.75) is 114 Å². The zero-order valence-corrected chi connectivity index (χ0v) is 39.5. The van der Waals surface area contributed by atoms with Crippen LogP contribution in [0.4, 0.5) is 0 Å². The van der Waals surface area contributed by atoms with Crippen LogP contribution in [0.25, 0.3) is 35.2 Å². The van der Waals surface area contributed by atoms with Crippen molar-refractivity contribution in [1.29, 1.82) is 0 Å². The molecule has 61 heavy (non-hydrogen) atoms. The summed E-state index contributed by atoms with van der Waals surface area (Å²) in [4.78, 5) is 56.4. The fourth-order valence-electron chi connectivity index (χ4n) is 8.90. The second kappa shape index (κ2) is 20.6. The van der Waals surface area contributed by atoms with Gasteiger partial charge in [0.05, 0.1) is 7.11 Å². The molecule has 8 bridgehead atoms. The molecule has 9 nitrogen and oxygen atoms in total. The van der Waals surface area contributed by atoms with E-state index >= 15 is 0 Å². The Labute approximate surface area is 378 Å². The first-order valence-electron chi connectivity index (χ1n) is 21.8. The maximum Gasteiger partial charge on any atom is 2.00 e. The Morgan fingerprint density at radius 1 is 0.951 bits per heavy atom. The minimum atomic E-state index is -1.22. The Hall–Kier alpha value is -4.54. The molecule has 3 aromatic heterocycles. The van der Waals surface area contributed by atoms with Gasteiger partial charge in [-0.05, 0) is 95.1 Å². The van der Waals surface area contributed by atoms with Gasteiger partial charge in [-0.15, -0.1) is 33.5 Å². The first-order chi connectivity index (χ1) is 28.7. The number of aromatic nitrogens is 3. The first-order valence-corrected chi connectivity index (χ1v) is 21.8. The molecule has 0 aromatic carbocycles. The van der Waals surface area contributed by atoms with Crippen LogP contribution >= 0.6 is 0 Å². The summed E-state index contributed by atoms with van der Waals surface area (Å²) < 4.78 is 11.0. The molecule has 6 rings (SSSR count). The molecule has 0 radical (unpaired) electrons. The van der Waals surface area contributed by atoms with Gasteiger partial charge in [-0.25, -0.2) is 0 Å². The smallest absolute Gasteiger partial charge is 0.664 e. The van der Waals surface area contributed by atoms with Crippen LogP contribution in [0.2, 0.25) is 0 Å². The molecule has 2 aliphatic heterocycles. The van der Waals surface area contributed by atoms with Gasteiger partial charge in [0.25, 0.3) is 0 Å². The quantitative estimate of drug-likeness (QED) is 0.0608. The topological polar surface area (TPSA) is 126 Å². The summed E-state index contributed by atoms with van der Waals surface area (Å²) >= 11 is 0. The Bertz CT molecular complexity index is 2420. The number of methoxy groups -OCH3 is 1. The predicted octanol–water partition coefficient (Wildman–Crippen LogP) is 8.72. The Morgan fingerprint density at radius 2 is 1.67 bits per heavy atom. The van der Waals surface area contributed by atoms with Crippen LogP contribution < -0.4 is 25.7 Å².